The molecule has 0 spiro atoms. The molecule has 1 atom stereocenters. The van der Waals surface area contributed by atoms with Gasteiger partial charge in [-0.05, 0) is 6.92 Å². The Bertz CT molecular complexity index is 325. The van der Waals surface area contributed by atoms with E-state index in [9.17, 15) is 4.79 Å². The predicted molar refractivity (Wildman–Crippen MR) is 55.5 cm³/mol. The number of hydrogen-bond acceptors (Lipinski definition) is 5. The van der Waals surface area contributed by atoms with Crippen LogP contribution in [0.5, 0.6) is 5.75 Å². The van der Waals surface area contributed by atoms with Gasteiger partial charge in [-0.1, -0.05) is 0 Å². The summed E-state index contributed by atoms with van der Waals surface area (Å²) in [5.41, 5.74) is 5.05. The van der Waals surface area contributed by atoms with Crippen molar-refractivity contribution in [1.29, 1.82) is 0 Å². The lowest BCUT2D eigenvalue weighted by Crippen LogP contribution is -2.24. The van der Waals surface area contributed by atoms with E-state index in [1.54, 1.807) is 19.5 Å². The minimum absolute atomic E-state index is 0.0871. The van der Waals surface area contributed by atoms with Crippen molar-refractivity contribution in [2.75, 3.05) is 12.4 Å². The van der Waals surface area contributed by atoms with Gasteiger partial charge in [0.1, 0.15) is 0 Å². The van der Waals surface area contributed by atoms with Crippen LogP contribution in [0.15, 0.2) is 12.4 Å². The van der Waals surface area contributed by atoms with Gasteiger partial charge in [-0.3, -0.25) is 4.79 Å². The summed E-state index contributed by atoms with van der Waals surface area (Å²) in [6.45, 7) is 1.83. The van der Waals surface area contributed by atoms with Gasteiger partial charge in [0.25, 0.3) is 0 Å². The Morgan fingerprint density at radius 3 is 2.67 bits per heavy atom. The maximum atomic E-state index is 10.6. The minimum atomic E-state index is -0.358. The first-order valence-electron chi connectivity index (χ1n) is 4.52. The zero-order valence-electron chi connectivity index (χ0n) is 8.73. The quantitative estimate of drug-likeness (QED) is 0.722. The number of anilines is 1. The minimum Gasteiger partial charge on any atom is -0.494 e. The number of nitrogens with two attached hydrogens (primary N) is 1. The van der Waals surface area contributed by atoms with Crippen molar-refractivity contribution in [3.63, 3.8) is 0 Å². The molecule has 1 aromatic heterocycles. The molecule has 0 aliphatic heterocycles. The van der Waals surface area contributed by atoms with Gasteiger partial charge in [-0.15, -0.1) is 0 Å². The van der Waals surface area contributed by atoms with E-state index < -0.39 is 0 Å². The van der Waals surface area contributed by atoms with Gasteiger partial charge in [0.15, 0.2) is 5.75 Å². The molecular weight excluding hydrogens is 196 g/mol. The number of nitrogens with zero attached hydrogens (tertiary/aromatic N) is 2. The first-order chi connectivity index (χ1) is 7.11. The highest BCUT2D eigenvalue weighted by Gasteiger charge is 2.06. The molecule has 0 bridgehead atoms. The fourth-order valence-corrected chi connectivity index (χ4v) is 1.07. The summed E-state index contributed by atoms with van der Waals surface area (Å²) in [4.78, 5) is 18.6. The summed E-state index contributed by atoms with van der Waals surface area (Å²) in [7, 11) is 1.54. The molecule has 0 saturated heterocycles. The number of aromatic nitrogens is 2. The highest BCUT2D eigenvalue weighted by Crippen LogP contribution is 2.08. The van der Waals surface area contributed by atoms with Gasteiger partial charge >= 0.3 is 0 Å². The van der Waals surface area contributed by atoms with E-state index in [0.29, 0.717) is 11.7 Å². The molecule has 1 amide bonds. The number of nitrogens with one attached hydrogen (secondary N) is 1. The lowest BCUT2D eigenvalue weighted by Gasteiger charge is -2.11. The molecule has 0 aliphatic carbocycles. The fourth-order valence-electron chi connectivity index (χ4n) is 1.07. The standard InChI is InChI=1S/C9H14N4O2/c1-6(3-8(10)14)13-9-11-4-7(15-2)5-12-9/h4-6H,3H2,1-2H3,(H2,10,14)(H,11,12,13). The molecular formula is C9H14N4O2. The zero-order chi connectivity index (χ0) is 11.3. The SMILES string of the molecule is COc1cnc(NC(C)CC(N)=O)nc1. The van der Waals surface area contributed by atoms with Crippen LogP contribution in [0.25, 0.3) is 0 Å². The Balaban J connectivity index is 2.53. The van der Waals surface area contributed by atoms with Crippen LogP contribution in [0.3, 0.4) is 0 Å². The van der Waals surface area contributed by atoms with Crippen LogP contribution in [0.1, 0.15) is 13.3 Å². The summed E-state index contributed by atoms with van der Waals surface area (Å²) < 4.78 is 4.91. The molecule has 6 nitrogen and oxygen atoms in total. The van der Waals surface area contributed by atoms with Crippen LogP contribution in [0.4, 0.5) is 5.95 Å². The summed E-state index contributed by atoms with van der Waals surface area (Å²) in [6, 6.07) is -0.0871. The number of amides is 1. The largest absolute Gasteiger partial charge is 0.494 e. The molecule has 82 valence electrons. The summed E-state index contributed by atoms with van der Waals surface area (Å²) in [5.74, 6) is 0.677. The second-order valence-electron chi connectivity index (χ2n) is 3.16. The van der Waals surface area contributed by atoms with Crippen molar-refractivity contribution in [3.05, 3.63) is 12.4 Å². The van der Waals surface area contributed by atoms with Gasteiger partial charge in [0.2, 0.25) is 11.9 Å². The third-order valence-corrected chi connectivity index (χ3v) is 1.75. The van der Waals surface area contributed by atoms with E-state index in [1.807, 2.05) is 6.92 Å². The van der Waals surface area contributed by atoms with Crippen molar-refractivity contribution in [2.24, 2.45) is 5.73 Å². The predicted octanol–water partition coefficient (Wildman–Crippen LogP) is 0.161. The van der Waals surface area contributed by atoms with Crippen molar-refractivity contribution in [3.8, 4) is 5.75 Å². The normalized spacial score (nSPS) is 11.9. The summed E-state index contributed by atoms with van der Waals surface area (Å²) in [6.07, 6.45) is 3.34. The molecule has 1 unspecified atom stereocenters. The highest BCUT2D eigenvalue weighted by atomic mass is 16.5. The molecule has 0 fully saturated rings. The van der Waals surface area contributed by atoms with Crippen LogP contribution < -0.4 is 15.8 Å². The van der Waals surface area contributed by atoms with E-state index >= 15 is 0 Å². The number of ether oxygens (including phenoxy) is 1. The first-order valence-corrected chi connectivity index (χ1v) is 4.52. The Morgan fingerprint density at radius 2 is 2.20 bits per heavy atom. The van der Waals surface area contributed by atoms with Gasteiger partial charge in [0.05, 0.1) is 19.5 Å². The molecule has 1 aromatic rings. The van der Waals surface area contributed by atoms with E-state index in [0.717, 1.165) is 0 Å². The first kappa shape index (κ1) is 11.2. The number of primary amides is 1. The fraction of sp³-hybridized carbons (Fsp3) is 0.444. The van der Waals surface area contributed by atoms with Crippen LogP contribution in [-0.2, 0) is 4.79 Å². The molecule has 0 aromatic carbocycles. The molecule has 0 aliphatic rings. The number of carbonyl (C=O) groups excluding carboxylic acids is 1. The third-order valence-electron chi connectivity index (χ3n) is 1.75. The Morgan fingerprint density at radius 1 is 1.60 bits per heavy atom. The van der Waals surface area contributed by atoms with Gasteiger partial charge in [-0.25, -0.2) is 9.97 Å². The van der Waals surface area contributed by atoms with Crippen LogP contribution >= 0.6 is 0 Å². The van der Waals surface area contributed by atoms with Crippen LogP contribution in [0.2, 0.25) is 0 Å². The molecule has 0 saturated carbocycles. The van der Waals surface area contributed by atoms with Gasteiger partial charge in [-0.2, -0.15) is 0 Å². The Labute approximate surface area is 87.9 Å². The maximum Gasteiger partial charge on any atom is 0.223 e. The number of methoxy groups -OCH3 is 1. The van der Waals surface area contributed by atoms with E-state index in [2.05, 4.69) is 15.3 Å². The lowest BCUT2D eigenvalue weighted by atomic mass is 10.2. The topological polar surface area (TPSA) is 90.1 Å². The number of rotatable bonds is 5. The average molecular weight is 210 g/mol. The van der Waals surface area contributed by atoms with E-state index in [-0.39, 0.29) is 18.4 Å². The monoisotopic (exact) mass is 210 g/mol. The average Bonchev–Trinajstić information content (AvgIpc) is 2.17. The van der Waals surface area contributed by atoms with Crippen molar-refractivity contribution >= 4 is 11.9 Å². The van der Waals surface area contributed by atoms with Crippen molar-refractivity contribution in [2.45, 2.75) is 19.4 Å². The smallest absolute Gasteiger partial charge is 0.223 e. The molecule has 15 heavy (non-hydrogen) atoms. The lowest BCUT2D eigenvalue weighted by molar-refractivity contribution is -0.118. The maximum absolute atomic E-state index is 10.6. The van der Waals surface area contributed by atoms with Gasteiger partial charge in [0, 0.05) is 12.5 Å². The van der Waals surface area contributed by atoms with E-state index in [1.165, 1.54) is 0 Å². The Kier molecular flexibility index (Phi) is 3.84. The zero-order valence-corrected chi connectivity index (χ0v) is 8.73. The number of carbonyl (C=O) groups is 1. The summed E-state index contributed by atoms with van der Waals surface area (Å²) in [5, 5.41) is 2.95. The molecule has 1 rings (SSSR count). The van der Waals surface area contributed by atoms with Crippen LogP contribution in [0, 0.1) is 0 Å². The van der Waals surface area contributed by atoms with E-state index in [4.69, 9.17) is 10.5 Å². The highest BCUT2D eigenvalue weighted by molar-refractivity contribution is 5.74. The molecule has 1 heterocycles. The second-order valence-corrected chi connectivity index (χ2v) is 3.16. The molecule has 3 N–H and O–H groups in total. The summed E-state index contributed by atoms with van der Waals surface area (Å²) >= 11 is 0. The van der Waals surface area contributed by atoms with Gasteiger partial charge < -0.3 is 15.8 Å². The second kappa shape index (κ2) is 5.14. The van der Waals surface area contributed by atoms with Crippen molar-refractivity contribution < 1.29 is 9.53 Å². The van der Waals surface area contributed by atoms with Crippen LogP contribution in [-0.4, -0.2) is 29.0 Å². The van der Waals surface area contributed by atoms with Crippen molar-refractivity contribution in [1.82, 2.24) is 9.97 Å². The number of hydrogen-bond donors (Lipinski definition) is 2. The third kappa shape index (κ3) is 3.80. The molecule has 0 radical (unpaired) electrons. The Hall–Kier alpha value is -1.85. The molecule has 6 heteroatoms.